The Morgan fingerprint density at radius 3 is 2.25 bits per heavy atom. The third-order valence-electron chi connectivity index (χ3n) is 5.18. The molecule has 24 heavy (non-hydrogen) atoms. The number of likely N-dealkylation sites (tertiary alicyclic amines) is 1. The van der Waals surface area contributed by atoms with Crippen LogP contribution in [0.15, 0.2) is 35.2 Å². The van der Waals surface area contributed by atoms with Gasteiger partial charge in [-0.15, -0.1) is 0 Å². The van der Waals surface area contributed by atoms with Crippen molar-refractivity contribution >= 4 is 15.9 Å². The second-order valence-electron chi connectivity index (χ2n) is 6.79. The fourth-order valence-corrected chi connectivity index (χ4v) is 5.12. The zero-order valence-electron chi connectivity index (χ0n) is 14.1. The molecule has 0 atom stereocenters. The van der Waals surface area contributed by atoms with Crippen LogP contribution in [-0.4, -0.2) is 49.7 Å². The van der Waals surface area contributed by atoms with E-state index < -0.39 is 10.0 Å². The summed E-state index contributed by atoms with van der Waals surface area (Å²) in [4.78, 5) is 14.5. The molecule has 0 unspecified atom stereocenters. The van der Waals surface area contributed by atoms with Crippen LogP contribution in [0.3, 0.4) is 0 Å². The Hall–Kier alpha value is -1.40. The average Bonchev–Trinajstić information content (AvgIpc) is 3.15. The van der Waals surface area contributed by atoms with Crippen molar-refractivity contribution in [2.75, 3.05) is 26.2 Å². The van der Waals surface area contributed by atoms with E-state index in [2.05, 4.69) is 0 Å². The van der Waals surface area contributed by atoms with Gasteiger partial charge in [-0.1, -0.05) is 18.2 Å². The number of carbonyl (C=O) groups excluding carboxylic acids is 1. The minimum Gasteiger partial charge on any atom is -0.343 e. The first kappa shape index (κ1) is 17.4. The van der Waals surface area contributed by atoms with Crippen molar-refractivity contribution in [1.82, 2.24) is 9.21 Å². The van der Waals surface area contributed by atoms with Gasteiger partial charge in [-0.3, -0.25) is 4.79 Å². The molecule has 2 fully saturated rings. The summed E-state index contributed by atoms with van der Waals surface area (Å²) in [5, 5.41) is 0. The number of sulfonamides is 1. The maximum Gasteiger partial charge on any atom is 0.243 e. The van der Waals surface area contributed by atoms with E-state index in [4.69, 9.17) is 0 Å². The van der Waals surface area contributed by atoms with Crippen LogP contribution >= 0.6 is 0 Å². The first-order chi connectivity index (χ1) is 11.6. The van der Waals surface area contributed by atoms with Crippen LogP contribution < -0.4 is 0 Å². The molecule has 5 nitrogen and oxygen atoms in total. The van der Waals surface area contributed by atoms with Crippen molar-refractivity contribution in [3.8, 4) is 0 Å². The quantitative estimate of drug-likeness (QED) is 0.820. The van der Waals surface area contributed by atoms with Crippen molar-refractivity contribution in [1.29, 1.82) is 0 Å². The Balaban J connectivity index is 1.48. The topological polar surface area (TPSA) is 57.7 Å². The summed E-state index contributed by atoms with van der Waals surface area (Å²) in [6, 6.07) is 8.63. The van der Waals surface area contributed by atoms with Crippen molar-refractivity contribution in [2.24, 2.45) is 5.92 Å². The average molecular weight is 350 g/mol. The van der Waals surface area contributed by atoms with Crippen LogP contribution in [0.25, 0.3) is 0 Å². The van der Waals surface area contributed by atoms with Gasteiger partial charge in [0.1, 0.15) is 0 Å². The van der Waals surface area contributed by atoms with Gasteiger partial charge in [0.15, 0.2) is 0 Å². The van der Waals surface area contributed by atoms with E-state index in [1.54, 1.807) is 28.6 Å². The van der Waals surface area contributed by atoms with Gasteiger partial charge in [0.25, 0.3) is 0 Å². The Labute approximate surface area is 144 Å². The summed E-state index contributed by atoms with van der Waals surface area (Å²) in [7, 11) is -3.37. The molecule has 0 bridgehead atoms. The lowest BCUT2D eigenvalue weighted by atomic mass is 9.93. The van der Waals surface area contributed by atoms with E-state index in [0.29, 0.717) is 30.3 Å². The molecule has 0 aromatic heterocycles. The lowest BCUT2D eigenvalue weighted by molar-refractivity contribution is -0.130. The zero-order valence-corrected chi connectivity index (χ0v) is 14.9. The van der Waals surface area contributed by atoms with E-state index >= 15 is 0 Å². The van der Waals surface area contributed by atoms with Crippen LogP contribution in [0.2, 0.25) is 0 Å². The van der Waals surface area contributed by atoms with Crippen LogP contribution in [0.4, 0.5) is 0 Å². The van der Waals surface area contributed by atoms with Gasteiger partial charge in [-0.25, -0.2) is 8.42 Å². The molecule has 2 aliphatic rings. The summed E-state index contributed by atoms with van der Waals surface area (Å²) >= 11 is 0. The normalized spacial score (nSPS) is 20.4. The van der Waals surface area contributed by atoms with Crippen LogP contribution in [0, 0.1) is 5.92 Å². The summed E-state index contributed by atoms with van der Waals surface area (Å²) in [5.41, 5.74) is 0. The van der Waals surface area contributed by atoms with Gasteiger partial charge >= 0.3 is 0 Å². The summed E-state index contributed by atoms with van der Waals surface area (Å²) in [6.07, 6.45) is 5.44. The minimum atomic E-state index is -3.37. The predicted molar refractivity (Wildman–Crippen MR) is 93.0 cm³/mol. The zero-order chi connectivity index (χ0) is 17.0. The Morgan fingerprint density at radius 2 is 1.62 bits per heavy atom. The molecule has 3 rings (SSSR count). The molecule has 6 heteroatoms. The summed E-state index contributed by atoms with van der Waals surface area (Å²) < 4.78 is 26.8. The maximum atomic E-state index is 12.6. The molecule has 1 aromatic carbocycles. The van der Waals surface area contributed by atoms with E-state index in [1.165, 1.54) is 0 Å². The highest BCUT2D eigenvalue weighted by molar-refractivity contribution is 7.89. The van der Waals surface area contributed by atoms with E-state index in [-0.39, 0.29) is 5.91 Å². The monoisotopic (exact) mass is 350 g/mol. The molecule has 1 aromatic rings. The molecule has 2 heterocycles. The molecule has 0 N–H and O–H groups in total. The third-order valence-corrected chi connectivity index (χ3v) is 7.09. The second-order valence-corrected chi connectivity index (χ2v) is 8.73. The molecule has 1 amide bonds. The van der Waals surface area contributed by atoms with E-state index in [9.17, 15) is 13.2 Å². The second kappa shape index (κ2) is 7.66. The Bertz CT molecular complexity index is 646. The largest absolute Gasteiger partial charge is 0.343 e. The number of rotatable bonds is 5. The van der Waals surface area contributed by atoms with Gasteiger partial charge in [-0.05, 0) is 50.2 Å². The SMILES string of the molecule is O=C(CCC1CCN(S(=O)(=O)c2ccccc2)CC1)N1CCCC1. The lowest BCUT2D eigenvalue weighted by Crippen LogP contribution is -2.38. The minimum absolute atomic E-state index is 0.270. The highest BCUT2D eigenvalue weighted by Gasteiger charge is 2.29. The van der Waals surface area contributed by atoms with Crippen molar-refractivity contribution in [3.05, 3.63) is 30.3 Å². The molecular formula is C18H26N2O3S. The first-order valence-corrected chi connectivity index (χ1v) is 10.3. The molecule has 0 radical (unpaired) electrons. The number of benzene rings is 1. The van der Waals surface area contributed by atoms with E-state index in [0.717, 1.165) is 45.2 Å². The Kier molecular flexibility index (Phi) is 5.56. The fourth-order valence-electron chi connectivity index (χ4n) is 3.63. The highest BCUT2D eigenvalue weighted by atomic mass is 32.2. The number of nitrogens with zero attached hydrogens (tertiary/aromatic N) is 2. The first-order valence-electron chi connectivity index (χ1n) is 8.90. The lowest BCUT2D eigenvalue weighted by Gasteiger charge is -2.31. The molecule has 0 spiro atoms. The molecule has 0 saturated carbocycles. The molecule has 0 aliphatic carbocycles. The molecular weight excluding hydrogens is 324 g/mol. The number of hydrogen-bond acceptors (Lipinski definition) is 3. The van der Waals surface area contributed by atoms with Gasteiger partial charge in [0, 0.05) is 32.6 Å². The predicted octanol–water partition coefficient (Wildman–Crippen LogP) is 2.49. The van der Waals surface area contributed by atoms with E-state index in [1.807, 2.05) is 11.0 Å². The smallest absolute Gasteiger partial charge is 0.243 e. The number of amides is 1. The van der Waals surface area contributed by atoms with Crippen LogP contribution in [0.5, 0.6) is 0 Å². The fraction of sp³-hybridized carbons (Fsp3) is 0.611. The van der Waals surface area contributed by atoms with Crippen molar-refractivity contribution in [2.45, 2.75) is 43.4 Å². The standard InChI is InChI=1S/C18H26N2O3S/c21-18(19-12-4-5-13-19)9-8-16-10-14-20(15-11-16)24(22,23)17-6-2-1-3-7-17/h1-3,6-7,16H,4-5,8-15H2. The number of piperidine rings is 1. The van der Waals surface area contributed by atoms with Crippen LogP contribution in [-0.2, 0) is 14.8 Å². The van der Waals surface area contributed by atoms with Gasteiger partial charge < -0.3 is 4.90 Å². The molecule has 2 saturated heterocycles. The van der Waals surface area contributed by atoms with Crippen LogP contribution in [0.1, 0.15) is 38.5 Å². The van der Waals surface area contributed by atoms with Gasteiger partial charge in [0.2, 0.25) is 15.9 Å². The van der Waals surface area contributed by atoms with Crippen molar-refractivity contribution < 1.29 is 13.2 Å². The van der Waals surface area contributed by atoms with Crippen molar-refractivity contribution in [3.63, 3.8) is 0 Å². The van der Waals surface area contributed by atoms with Gasteiger partial charge in [0.05, 0.1) is 4.90 Å². The summed E-state index contributed by atoms with van der Waals surface area (Å²) in [5.74, 6) is 0.727. The third kappa shape index (κ3) is 3.98. The maximum absolute atomic E-state index is 12.6. The summed E-state index contributed by atoms with van der Waals surface area (Å²) in [6.45, 7) is 2.93. The highest BCUT2D eigenvalue weighted by Crippen LogP contribution is 2.26. The number of hydrogen-bond donors (Lipinski definition) is 0. The van der Waals surface area contributed by atoms with Gasteiger partial charge in [-0.2, -0.15) is 4.31 Å². The Morgan fingerprint density at radius 1 is 1.00 bits per heavy atom. The molecule has 132 valence electrons. The molecule has 2 aliphatic heterocycles. The number of carbonyl (C=O) groups is 1.